The standard InChI is InChI=1S/C14H19BN2O2.C12H24B2O4.C8H7BrN2.3CH4/c1-9-6-10-7-11(8-16-12(10)17-9)15-18-13(2,3)14(4,5)19-15;1-9(2)10(3,4)16-13(15-9)14-17-11(5,6)12(7,8)18-14;1-5-2-6-3-7(9)4-10-8(6)11-5;;;/h6-8H,1-5H3,(H,16,17);1-8H3;2-4H,1H3,(H,10,11);3*1H4. The van der Waals surface area contributed by atoms with Gasteiger partial charge in [0.2, 0.25) is 0 Å². The van der Waals surface area contributed by atoms with E-state index in [0.29, 0.717) is 0 Å². The van der Waals surface area contributed by atoms with Gasteiger partial charge >= 0.3 is 21.1 Å². The summed E-state index contributed by atoms with van der Waals surface area (Å²) in [5.74, 6) is 0. The van der Waals surface area contributed by atoms with E-state index in [4.69, 9.17) is 27.9 Å². The Morgan fingerprint density at radius 2 is 0.843 bits per heavy atom. The molecule has 4 aromatic heterocycles. The molecular formula is C37H62B3BrN4O6. The van der Waals surface area contributed by atoms with Crippen LogP contribution in [0.1, 0.15) is 117 Å². The minimum atomic E-state index is -0.476. The molecule has 3 saturated heterocycles. The minimum Gasteiger partial charge on any atom is -0.405 e. The quantitative estimate of drug-likeness (QED) is 0.194. The van der Waals surface area contributed by atoms with Crippen molar-refractivity contribution in [1.29, 1.82) is 0 Å². The first kappa shape index (κ1) is 45.0. The van der Waals surface area contributed by atoms with E-state index < -0.39 is 14.0 Å². The Morgan fingerprint density at radius 1 is 0.510 bits per heavy atom. The van der Waals surface area contributed by atoms with E-state index >= 15 is 0 Å². The maximum atomic E-state index is 6.03. The van der Waals surface area contributed by atoms with Crippen LogP contribution in [0.2, 0.25) is 0 Å². The first-order valence-corrected chi connectivity index (χ1v) is 17.3. The first-order chi connectivity index (χ1) is 21.9. The van der Waals surface area contributed by atoms with Crippen molar-refractivity contribution in [3.05, 3.63) is 52.5 Å². The smallest absolute Gasteiger partial charge is 0.405 e. The van der Waals surface area contributed by atoms with Crippen LogP contribution >= 0.6 is 15.9 Å². The lowest BCUT2D eigenvalue weighted by Crippen LogP contribution is -2.41. The van der Waals surface area contributed by atoms with E-state index in [1.54, 1.807) is 6.20 Å². The van der Waals surface area contributed by atoms with Gasteiger partial charge < -0.3 is 37.9 Å². The number of hydrogen-bond acceptors (Lipinski definition) is 8. The fourth-order valence-electron chi connectivity index (χ4n) is 5.40. The average Bonchev–Trinajstić information content (AvgIpc) is 3.66. The number of halogens is 1. The van der Waals surface area contributed by atoms with Crippen LogP contribution in [0.25, 0.3) is 22.1 Å². The van der Waals surface area contributed by atoms with Gasteiger partial charge in [0.25, 0.3) is 0 Å². The zero-order valence-corrected chi connectivity index (χ0v) is 32.5. The molecule has 14 heteroatoms. The Labute approximate surface area is 316 Å². The molecule has 0 aromatic carbocycles. The van der Waals surface area contributed by atoms with Gasteiger partial charge in [0.15, 0.2) is 0 Å². The summed E-state index contributed by atoms with van der Waals surface area (Å²) in [6, 6.07) is 8.28. The monoisotopic (exact) mass is 770 g/mol. The summed E-state index contributed by atoms with van der Waals surface area (Å²) in [5, 5.41) is 2.24. The number of nitrogens with one attached hydrogen (secondary N) is 2. The first-order valence-electron chi connectivity index (χ1n) is 16.6. The van der Waals surface area contributed by atoms with Gasteiger partial charge in [-0.1, -0.05) is 22.3 Å². The Hall–Kier alpha value is -2.19. The van der Waals surface area contributed by atoms with Crippen molar-refractivity contribution < 1.29 is 27.9 Å². The van der Waals surface area contributed by atoms with Crippen molar-refractivity contribution in [2.45, 2.75) is 153 Å². The topological polar surface area (TPSA) is 113 Å². The van der Waals surface area contributed by atoms with E-state index in [9.17, 15) is 0 Å². The molecule has 0 atom stereocenters. The maximum absolute atomic E-state index is 6.03. The summed E-state index contributed by atoms with van der Waals surface area (Å²) < 4.78 is 36.9. The zero-order valence-electron chi connectivity index (χ0n) is 30.9. The molecule has 3 aliphatic rings. The van der Waals surface area contributed by atoms with E-state index in [0.717, 1.165) is 43.4 Å². The number of aromatic amines is 2. The number of nitrogens with zero attached hydrogens (tertiary/aromatic N) is 2. The highest BCUT2D eigenvalue weighted by molar-refractivity contribution is 9.10. The van der Waals surface area contributed by atoms with Crippen LogP contribution in [0.5, 0.6) is 0 Å². The SMILES string of the molecule is C.C.C.CC1(C)OB(B2OC(C)(C)C(C)(C)O2)OC1(C)C.Cc1cc2cc(B3OC(C)(C)C(C)(C)O3)cnc2[nH]1.Cc1cc2cc(Br)cnc2[nH]1. The molecule has 3 fully saturated rings. The van der Waals surface area contributed by atoms with Gasteiger partial charge in [-0.2, -0.15) is 0 Å². The molecule has 0 amide bonds. The Kier molecular flexibility index (Phi) is 13.5. The summed E-state index contributed by atoms with van der Waals surface area (Å²) in [6.07, 6.45) is 3.61. The van der Waals surface area contributed by atoms with Crippen molar-refractivity contribution in [3.63, 3.8) is 0 Å². The van der Waals surface area contributed by atoms with Crippen molar-refractivity contribution in [2.75, 3.05) is 0 Å². The van der Waals surface area contributed by atoms with Gasteiger partial charge in [-0.3, -0.25) is 0 Å². The number of pyridine rings is 2. The number of rotatable bonds is 2. The molecule has 0 spiro atoms. The largest absolute Gasteiger partial charge is 0.496 e. The lowest BCUT2D eigenvalue weighted by atomic mass is 9.49. The molecule has 51 heavy (non-hydrogen) atoms. The van der Waals surface area contributed by atoms with Crippen molar-refractivity contribution in [3.8, 4) is 0 Å². The zero-order chi connectivity index (χ0) is 35.7. The number of aromatic nitrogens is 4. The second kappa shape index (κ2) is 15.3. The summed E-state index contributed by atoms with van der Waals surface area (Å²) in [5.41, 5.74) is 2.99. The summed E-state index contributed by atoms with van der Waals surface area (Å²) in [6.45, 7) is 28.5. The van der Waals surface area contributed by atoms with Crippen LogP contribution in [0.15, 0.2) is 41.1 Å². The van der Waals surface area contributed by atoms with E-state index in [1.165, 1.54) is 0 Å². The lowest BCUT2D eigenvalue weighted by Gasteiger charge is -2.32. The van der Waals surface area contributed by atoms with Crippen molar-refractivity contribution in [1.82, 2.24) is 19.9 Å². The molecule has 282 valence electrons. The Morgan fingerprint density at radius 3 is 1.24 bits per heavy atom. The van der Waals surface area contributed by atoms with E-state index in [1.807, 2.05) is 81.5 Å². The Balaban J connectivity index is 0.000000266. The van der Waals surface area contributed by atoms with E-state index in [-0.39, 0.29) is 63.0 Å². The maximum Gasteiger partial charge on any atom is 0.496 e. The van der Waals surface area contributed by atoms with Crippen LogP contribution < -0.4 is 5.46 Å². The molecule has 0 unspecified atom stereocenters. The molecule has 7 heterocycles. The third-order valence-corrected chi connectivity index (χ3v) is 10.9. The third kappa shape index (κ3) is 9.14. The highest BCUT2D eigenvalue weighted by atomic mass is 79.9. The molecule has 0 bridgehead atoms. The van der Waals surface area contributed by atoms with Gasteiger partial charge in [-0.05, 0) is 137 Å². The Bertz CT molecular complexity index is 1710. The number of hydrogen-bond donors (Lipinski definition) is 2. The molecule has 0 saturated carbocycles. The predicted molar refractivity (Wildman–Crippen MR) is 217 cm³/mol. The normalized spacial score (nSPS) is 21.5. The summed E-state index contributed by atoms with van der Waals surface area (Å²) >= 11 is 3.37. The third-order valence-electron chi connectivity index (χ3n) is 10.5. The highest BCUT2D eigenvalue weighted by Crippen LogP contribution is 2.43. The number of aryl methyl sites for hydroxylation is 2. The number of fused-ring (bicyclic) bond motifs is 2. The second-order valence-corrected chi connectivity index (χ2v) is 17.0. The average molecular weight is 771 g/mol. The van der Waals surface area contributed by atoms with Crippen molar-refractivity contribution >= 4 is 64.6 Å². The highest BCUT2D eigenvalue weighted by Gasteiger charge is 2.63. The predicted octanol–water partition coefficient (Wildman–Crippen LogP) is 8.96. The van der Waals surface area contributed by atoms with Crippen LogP contribution in [0.4, 0.5) is 0 Å². The molecule has 2 N–H and O–H groups in total. The fraction of sp³-hybridized carbons (Fsp3) is 0.622. The minimum absolute atomic E-state index is 0. The molecule has 10 nitrogen and oxygen atoms in total. The lowest BCUT2D eigenvalue weighted by molar-refractivity contribution is 0.00578. The van der Waals surface area contributed by atoms with Crippen LogP contribution in [0.3, 0.4) is 0 Å². The molecule has 0 radical (unpaired) electrons. The molecule has 0 aliphatic carbocycles. The molecule has 7 rings (SSSR count). The van der Waals surface area contributed by atoms with Gasteiger partial charge in [0.1, 0.15) is 11.3 Å². The second-order valence-electron chi connectivity index (χ2n) is 16.0. The van der Waals surface area contributed by atoms with Gasteiger partial charge in [0.05, 0.1) is 33.6 Å². The number of H-pyrrole nitrogens is 2. The van der Waals surface area contributed by atoms with Crippen LogP contribution in [0, 0.1) is 13.8 Å². The van der Waals surface area contributed by atoms with Gasteiger partial charge in [0, 0.05) is 44.5 Å². The summed E-state index contributed by atoms with van der Waals surface area (Å²) in [7, 11) is -1.30. The van der Waals surface area contributed by atoms with E-state index in [2.05, 4.69) is 81.8 Å². The van der Waals surface area contributed by atoms with Crippen LogP contribution in [-0.4, -0.2) is 74.7 Å². The molecule has 3 aliphatic heterocycles. The molecule has 4 aromatic rings. The molecular weight excluding hydrogens is 709 g/mol. The van der Waals surface area contributed by atoms with Crippen molar-refractivity contribution in [2.24, 2.45) is 0 Å². The van der Waals surface area contributed by atoms with Gasteiger partial charge in [-0.15, -0.1) is 0 Å². The fourth-order valence-corrected chi connectivity index (χ4v) is 5.75. The summed E-state index contributed by atoms with van der Waals surface area (Å²) in [4.78, 5) is 15.0. The van der Waals surface area contributed by atoms with Gasteiger partial charge in [-0.25, -0.2) is 9.97 Å². The van der Waals surface area contributed by atoms with Crippen LogP contribution in [-0.2, 0) is 27.9 Å².